The monoisotopic (exact) mass is 228 g/mol. The molecular weight excluding hydrogens is 204 g/mol. The minimum absolute atomic E-state index is 0.448. The van der Waals surface area contributed by atoms with E-state index in [0.29, 0.717) is 12.1 Å². The van der Waals surface area contributed by atoms with E-state index in [9.17, 15) is 0 Å². The smallest absolute Gasteiger partial charge is 0.0700 e. The molecule has 2 unspecified atom stereocenters. The van der Waals surface area contributed by atoms with Crippen molar-refractivity contribution in [3.8, 4) is 0 Å². The number of hydrogen-bond acceptors (Lipinski definition) is 4. The largest absolute Gasteiger partial charge is 0.379 e. The van der Waals surface area contributed by atoms with Crippen LogP contribution in [0.5, 0.6) is 0 Å². The fourth-order valence-electron chi connectivity index (χ4n) is 2.37. The van der Waals surface area contributed by atoms with E-state index < -0.39 is 0 Å². The van der Waals surface area contributed by atoms with Crippen molar-refractivity contribution in [3.05, 3.63) is 0 Å². The van der Waals surface area contributed by atoms with E-state index in [4.69, 9.17) is 9.47 Å². The highest BCUT2D eigenvalue weighted by molar-refractivity contribution is 4.75. The van der Waals surface area contributed by atoms with Crippen LogP contribution in [0.2, 0.25) is 0 Å². The van der Waals surface area contributed by atoms with Crippen LogP contribution in [-0.4, -0.2) is 63.0 Å². The van der Waals surface area contributed by atoms with E-state index in [-0.39, 0.29) is 0 Å². The van der Waals surface area contributed by atoms with Crippen LogP contribution >= 0.6 is 0 Å². The van der Waals surface area contributed by atoms with Gasteiger partial charge in [0.25, 0.3) is 0 Å². The second-order valence-corrected chi connectivity index (χ2v) is 4.72. The molecule has 0 aromatic rings. The molecule has 0 aliphatic carbocycles. The standard InChI is InChI=1S/C12H24N2O2/c1-2-12-9-14(6-8-16-12)5-3-11-10-15-7-4-13-11/h11-13H,2-10H2,1H3. The van der Waals surface area contributed by atoms with Crippen LogP contribution in [0, 0.1) is 0 Å². The zero-order valence-electron chi connectivity index (χ0n) is 10.3. The zero-order chi connectivity index (χ0) is 11.2. The second-order valence-electron chi connectivity index (χ2n) is 4.72. The summed E-state index contributed by atoms with van der Waals surface area (Å²) in [4.78, 5) is 2.52. The Morgan fingerprint density at radius 3 is 3.06 bits per heavy atom. The fraction of sp³-hybridized carbons (Fsp3) is 1.00. The number of ether oxygens (including phenoxy) is 2. The third-order valence-corrected chi connectivity index (χ3v) is 3.47. The third kappa shape index (κ3) is 3.70. The summed E-state index contributed by atoms with van der Waals surface area (Å²) in [5.41, 5.74) is 0. The van der Waals surface area contributed by atoms with E-state index >= 15 is 0 Å². The molecule has 2 aliphatic rings. The average molecular weight is 228 g/mol. The zero-order valence-corrected chi connectivity index (χ0v) is 10.3. The van der Waals surface area contributed by atoms with E-state index in [0.717, 1.165) is 45.9 Å². The Kier molecular flexibility index (Phi) is 5.03. The molecule has 4 nitrogen and oxygen atoms in total. The summed E-state index contributed by atoms with van der Waals surface area (Å²) in [7, 11) is 0. The van der Waals surface area contributed by atoms with Crippen LogP contribution in [0.15, 0.2) is 0 Å². The molecule has 0 saturated carbocycles. The SMILES string of the molecule is CCC1CN(CCC2COCCN2)CCO1. The molecule has 0 aromatic heterocycles. The van der Waals surface area contributed by atoms with E-state index in [1.54, 1.807) is 0 Å². The first-order valence-electron chi connectivity index (χ1n) is 6.53. The molecule has 0 bridgehead atoms. The maximum Gasteiger partial charge on any atom is 0.0700 e. The lowest BCUT2D eigenvalue weighted by Gasteiger charge is -2.34. The van der Waals surface area contributed by atoms with Gasteiger partial charge >= 0.3 is 0 Å². The minimum Gasteiger partial charge on any atom is -0.379 e. The Labute approximate surface area is 98.3 Å². The van der Waals surface area contributed by atoms with Crippen molar-refractivity contribution in [2.75, 3.05) is 46.0 Å². The van der Waals surface area contributed by atoms with Crippen molar-refractivity contribution in [1.29, 1.82) is 0 Å². The van der Waals surface area contributed by atoms with E-state index in [2.05, 4.69) is 17.1 Å². The van der Waals surface area contributed by atoms with Crippen LogP contribution in [0.3, 0.4) is 0 Å². The van der Waals surface area contributed by atoms with Crippen LogP contribution in [0.25, 0.3) is 0 Å². The highest BCUT2D eigenvalue weighted by atomic mass is 16.5. The predicted octanol–water partition coefficient (Wildman–Crippen LogP) is 0.476. The topological polar surface area (TPSA) is 33.7 Å². The van der Waals surface area contributed by atoms with Crippen molar-refractivity contribution in [2.45, 2.75) is 31.9 Å². The number of rotatable bonds is 4. The van der Waals surface area contributed by atoms with Crippen molar-refractivity contribution < 1.29 is 9.47 Å². The maximum atomic E-state index is 5.67. The van der Waals surface area contributed by atoms with Crippen molar-refractivity contribution in [3.63, 3.8) is 0 Å². The van der Waals surface area contributed by atoms with Crippen LogP contribution in [0.4, 0.5) is 0 Å². The predicted molar refractivity (Wildman–Crippen MR) is 63.7 cm³/mol. The lowest BCUT2D eigenvalue weighted by molar-refractivity contribution is -0.0321. The Hall–Kier alpha value is -0.160. The lowest BCUT2D eigenvalue weighted by atomic mass is 10.1. The molecule has 0 spiro atoms. The minimum atomic E-state index is 0.448. The molecule has 2 heterocycles. The van der Waals surface area contributed by atoms with Gasteiger partial charge in [-0.2, -0.15) is 0 Å². The van der Waals surface area contributed by atoms with Gasteiger partial charge < -0.3 is 14.8 Å². The first-order chi connectivity index (χ1) is 7.88. The Balaban J connectivity index is 1.64. The summed E-state index contributed by atoms with van der Waals surface area (Å²) < 4.78 is 11.1. The summed E-state index contributed by atoms with van der Waals surface area (Å²) in [5, 5.41) is 3.50. The molecule has 2 fully saturated rings. The number of morpholine rings is 2. The van der Waals surface area contributed by atoms with Crippen LogP contribution in [-0.2, 0) is 9.47 Å². The molecule has 2 aliphatic heterocycles. The molecule has 0 amide bonds. The summed E-state index contributed by atoms with van der Waals surface area (Å²) >= 11 is 0. The first kappa shape index (κ1) is 12.3. The Bertz CT molecular complexity index is 195. The molecule has 1 N–H and O–H groups in total. The van der Waals surface area contributed by atoms with Crippen molar-refractivity contribution in [2.24, 2.45) is 0 Å². The molecular formula is C12H24N2O2. The van der Waals surface area contributed by atoms with E-state index in [1.807, 2.05) is 0 Å². The molecule has 0 radical (unpaired) electrons. The van der Waals surface area contributed by atoms with Gasteiger partial charge in [-0.25, -0.2) is 0 Å². The van der Waals surface area contributed by atoms with Gasteiger partial charge in [0.1, 0.15) is 0 Å². The van der Waals surface area contributed by atoms with Gasteiger partial charge in [0.15, 0.2) is 0 Å². The van der Waals surface area contributed by atoms with Gasteiger partial charge in [0, 0.05) is 25.7 Å². The van der Waals surface area contributed by atoms with E-state index in [1.165, 1.54) is 13.0 Å². The average Bonchev–Trinajstić information content (AvgIpc) is 2.38. The maximum absolute atomic E-state index is 5.67. The fourth-order valence-corrected chi connectivity index (χ4v) is 2.37. The van der Waals surface area contributed by atoms with Gasteiger partial charge in [-0.3, -0.25) is 4.90 Å². The van der Waals surface area contributed by atoms with Gasteiger partial charge in [-0.05, 0) is 19.4 Å². The number of hydrogen-bond donors (Lipinski definition) is 1. The Morgan fingerprint density at radius 2 is 2.31 bits per heavy atom. The van der Waals surface area contributed by atoms with Crippen molar-refractivity contribution >= 4 is 0 Å². The van der Waals surface area contributed by atoms with Crippen molar-refractivity contribution in [1.82, 2.24) is 10.2 Å². The normalized spacial score (nSPS) is 32.8. The summed E-state index contributed by atoms with van der Waals surface area (Å²) in [6, 6.07) is 0.552. The van der Waals surface area contributed by atoms with Crippen LogP contribution in [0.1, 0.15) is 19.8 Å². The lowest BCUT2D eigenvalue weighted by Crippen LogP contribution is -2.46. The molecule has 2 atom stereocenters. The van der Waals surface area contributed by atoms with Gasteiger partial charge in [0.2, 0.25) is 0 Å². The number of nitrogens with zero attached hydrogens (tertiary/aromatic N) is 1. The third-order valence-electron chi connectivity index (χ3n) is 3.47. The summed E-state index contributed by atoms with van der Waals surface area (Å²) in [6.45, 7) is 9.20. The molecule has 2 rings (SSSR count). The highest BCUT2D eigenvalue weighted by Gasteiger charge is 2.20. The number of nitrogens with one attached hydrogen (secondary N) is 1. The van der Waals surface area contributed by atoms with Crippen LogP contribution < -0.4 is 5.32 Å². The van der Waals surface area contributed by atoms with Gasteiger partial charge in [-0.15, -0.1) is 0 Å². The molecule has 2 saturated heterocycles. The Morgan fingerprint density at radius 1 is 1.38 bits per heavy atom. The molecule has 0 aromatic carbocycles. The quantitative estimate of drug-likeness (QED) is 0.758. The summed E-state index contributed by atoms with van der Waals surface area (Å²) in [5.74, 6) is 0. The molecule has 94 valence electrons. The van der Waals surface area contributed by atoms with Gasteiger partial charge in [0.05, 0.1) is 25.9 Å². The second kappa shape index (κ2) is 6.55. The summed E-state index contributed by atoms with van der Waals surface area (Å²) in [6.07, 6.45) is 2.77. The first-order valence-corrected chi connectivity index (χ1v) is 6.53. The molecule has 4 heteroatoms. The highest BCUT2D eigenvalue weighted by Crippen LogP contribution is 2.09. The molecule has 16 heavy (non-hydrogen) atoms. The van der Waals surface area contributed by atoms with Gasteiger partial charge in [-0.1, -0.05) is 6.92 Å².